The van der Waals surface area contributed by atoms with Gasteiger partial charge < -0.3 is 0 Å². The molecule has 0 radical (unpaired) electrons. The predicted molar refractivity (Wildman–Crippen MR) is 43.0 cm³/mol. The van der Waals surface area contributed by atoms with Crippen LogP contribution in [-0.4, -0.2) is 11.5 Å². The van der Waals surface area contributed by atoms with Crippen LogP contribution in [0, 0.1) is 22.0 Å². The second-order valence-corrected chi connectivity index (χ2v) is 3.65. The number of rotatable bonds is 4. The highest BCUT2D eigenvalue weighted by Crippen LogP contribution is 2.31. The van der Waals surface area contributed by atoms with Gasteiger partial charge in [-0.05, 0) is 12.3 Å². The number of hydrogen-bond donors (Lipinski definition) is 0. The molecule has 1 rings (SSSR count). The summed E-state index contributed by atoms with van der Waals surface area (Å²) >= 11 is 0. The van der Waals surface area contributed by atoms with Gasteiger partial charge in [0.15, 0.2) is 0 Å². The predicted octanol–water partition coefficient (Wildman–Crippen LogP) is 2.09. The van der Waals surface area contributed by atoms with Crippen molar-refractivity contribution in [2.24, 2.45) is 11.8 Å². The molecule has 0 amide bonds. The molecule has 0 aliphatic heterocycles. The molecule has 0 unspecified atom stereocenters. The van der Waals surface area contributed by atoms with Gasteiger partial charge in [-0.2, -0.15) is 0 Å². The number of hydrogen-bond acceptors (Lipinski definition) is 2. The first-order valence-corrected chi connectivity index (χ1v) is 4.30. The van der Waals surface area contributed by atoms with Crippen molar-refractivity contribution in [2.45, 2.75) is 32.6 Å². The Labute approximate surface area is 66.9 Å². The van der Waals surface area contributed by atoms with Crippen LogP contribution in [0.2, 0.25) is 0 Å². The van der Waals surface area contributed by atoms with Crippen molar-refractivity contribution in [1.82, 2.24) is 0 Å². The van der Waals surface area contributed by atoms with Gasteiger partial charge in [0.2, 0.25) is 6.54 Å². The average Bonchev–Trinajstić information content (AvgIpc) is 1.77. The second-order valence-electron chi connectivity index (χ2n) is 3.65. The van der Waals surface area contributed by atoms with E-state index in [1.807, 2.05) is 6.92 Å². The van der Waals surface area contributed by atoms with Gasteiger partial charge in [0.1, 0.15) is 0 Å². The van der Waals surface area contributed by atoms with E-state index in [1.54, 1.807) is 0 Å². The fraction of sp³-hybridized carbons (Fsp3) is 1.00. The average molecular weight is 157 g/mol. The van der Waals surface area contributed by atoms with Crippen LogP contribution >= 0.6 is 0 Å². The first-order chi connectivity index (χ1) is 5.18. The molecule has 64 valence electrons. The molecule has 0 bridgehead atoms. The highest BCUT2D eigenvalue weighted by Gasteiger charge is 2.21. The quantitative estimate of drug-likeness (QED) is 0.463. The van der Waals surface area contributed by atoms with Crippen LogP contribution in [0.1, 0.15) is 32.6 Å². The minimum atomic E-state index is -0.205. The summed E-state index contributed by atoms with van der Waals surface area (Å²) in [5.74, 6) is 1.07. The van der Waals surface area contributed by atoms with E-state index >= 15 is 0 Å². The van der Waals surface area contributed by atoms with Crippen molar-refractivity contribution in [3.8, 4) is 0 Å². The molecule has 3 nitrogen and oxygen atoms in total. The molecule has 1 aliphatic carbocycles. The molecule has 1 aliphatic rings. The largest absolute Gasteiger partial charge is 0.265 e. The Morgan fingerprint density at radius 2 is 2.27 bits per heavy atom. The van der Waals surface area contributed by atoms with Crippen molar-refractivity contribution < 1.29 is 4.92 Å². The molecule has 0 aromatic rings. The van der Waals surface area contributed by atoms with E-state index in [0.29, 0.717) is 0 Å². The minimum absolute atomic E-state index is 0.149. The van der Waals surface area contributed by atoms with Crippen molar-refractivity contribution >= 4 is 0 Å². The van der Waals surface area contributed by atoms with Gasteiger partial charge >= 0.3 is 0 Å². The topological polar surface area (TPSA) is 43.1 Å². The fourth-order valence-corrected chi connectivity index (χ4v) is 1.63. The summed E-state index contributed by atoms with van der Waals surface area (Å²) in [6.07, 6.45) is 4.97. The monoisotopic (exact) mass is 157 g/mol. The highest BCUT2D eigenvalue weighted by molar-refractivity contribution is 4.71. The third-order valence-electron chi connectivity index (χ3n) is 2.42. The normalized spacial score (nSPS) is 20.8. The van der Waals surface area contributed by atoms with Crippen molar-refractivity contribution in [2.75, 3.05) is 6.54 Å². The van der Waals surface area contributed by atoms with E-state index in [2.05, 4.69) is 0 Å². The molecular formula is C8H15NO2. The van der Waals surface area contributed by atoms with Crippen LogP contribution in [0.4, 0.5) is 0 Å². The Balaban J connectivity index is 2.09. The molecule has 0 aromatic carbocycles. The molecule has 0 saturated heterocycles. The lowest BCUT2D eigenvalue weighted by Crippen LogP contribution is -2.19. The Morgan fingerprint density at radius 3 is 2.64 bits per heavy atom. The zero-order chi connectivity index (χ0) is 8.27. The standard InChI is InChI=1S/C8H15NO2/c1-7(6-9(10)11)5-8-3-2-4-8/h7-8H,2-6H2,1H3/t7-/m1/s1. The first kappa shape index (κ1) is 8.50. The molecule has 3 heteroatoms. The van der Waals surface area contributed by atoms with Crippen molar-refractivity contribution in [3.05, 3.63) is 10.1 Å². The molecule has 11 heavy (non-hydrogen) atoms. The lowest BCUT2D eigenvalue weighted by atomic mass is 9.79. The maximum absolute atomic E-state index is 10.1. The number of nitro groups is 1. The molecular weight excluding hydrogens is 142 g/mol. The molecule has 0 N–H and O–H groups in total. The van der Waals surface area contributed by atoms with E-state index in [9.17, 15) is 10.1 Å². The van der Waals surface area contributed by atoms with Crippen LogP contribution in [0.5, 0.6) is 0 Å². The summed E-state index contributed by atoms with van der Waals surface area (Å²) in [7, 11) is 0. The van der Waals surface area contributed by atoms with Crippen LogP contribution < -0.4 is 0 Å². The summed E-state index contributed by atoms with van der Waals surface area (Å²) in [6, 6.07) is 0. The molecule has 0 spiro atoms. The van der Waals surface area contributed by atoms with Crippen LogP contribution in [0.25, 0.3) is 0 Å². The van der Waals surface area contributed by atoms with Gasteiger partial charge in [0.25, 0.3) is 0 Å². The van der Waals surface area contributed by atoms with Gasteiger partial charge in [-0.15, -0.1) is 0 Å². The Morgan fingerprint density at radius 1 is 1.64 bits per heavy atom. The summed E-state index contributed by atoms with van der Waals surface area (Å²) < 4.78 is 0. The Kier molecular flexibility index (Phi) is 2.85. The Hall–Kier alpha value is -0.600. The maximum Gasteiger partial charge on any atom is 0.206 e. The smallest absolute Gasteiger partial charge is 0.206 e. The zero-order valence-corrected chi connectivity index (χ0v) is 6.95. The minimum Gasteiger partial charge on any atom is -0.265 e. The van der Waals surface area contributed by atoms with Gasteiger partial charge in [-0.25, -0.2) is 0 Å². The summed E-state index contributed by atoms with van der Waals surface area (Å²) in [6.45, 7) is 2.12. The molecule has 1 saturated carbocycles. The molecule has 1 atom stereocenters. The summed E-state index contributed by atoms with van der Waals surface area (Å²) in [5, 5.41) is 10.1. The second kappa shape index (κ2) is 3.69. The van der Waals surface area contributed by atoms with Gasteiger partial charge in [0, 0.05) is 10.8 Å². The fourth-order valence-electron chi connectivity index (χ4n) is 1.63. The van der Waals surface area contributed by atoms with E-state index in [-0.39, 0.29) is 17.4 Å². The molecule has 0 aromatic heterocycles. The van der Waals surface area contributed by atoms with Gasteiger partial charge in [0.05, 0.1) is 0 Å². The van der Waals surface area contributed by atoms with Gasteiger partial charge in [-0.1, -0.05) is 26.2 Å². The molecule has 1 fully saturated rings. The van der Waals surface area contributed by atoms with E-state index < -0.39 is 0 Å². The van der Waals surface area contributed by atoms with Crippen LogP contribution in [-0.2, 0) is 0 Å². The van der Waals surface area contributed by atoms with E-state index in [0.717, 1.165) is 12.3 Å². The van der Waals surface area contributed by atoms with Crippen LogP contribution in [0.15, 0.2) is 0 Å². The summed E-state index contributed by atoms with van der Waals surface area (Å²) in [5.41, 5.74) is 0. The zero-order valence-electron chi connectivity index (χ0n) is 6.95. The molecule has 0 heterocycles. The highest BCUT2D eigenvalue weighted by atomic mass is 16.6. The lowest BCUT2D eigenvalue weighted by Gasteiger charge is -2.26. The van der Waals surface area contributed by atoms with Crippen molar-refractivity contribution in [1.29, 1.82) is 0 Å². The van der Waals surface area contributed by atoms with Crippen molar-refractivity contribution in [3.63, 3.8) is 0 Å². The third kappa shape index (κ3) is 2.87. The lowest BCUT2D eigenvalue weighted by molar-refractivity contribution is -0.487. The van der Waals surface area contributed by atoms with E-state index in [4.69, 9.17) is 0 Å². The first-order valence-electron chi connectivity index (χ1n) is 4.30. The summed E-state index contributed by atoms with van der Waals surface area (Å²) in [4.78, 5) is 9.90. The SMILES string of the molecule is C[C@H](CC1CCC1)C[N+](=O)[O-]. The maximum atomic E-state index is 10.1. The third-order valence-corrected chi connectivity index (χ3v) is 2.42. The van der Waals surface area contributed by atoms with Crippen LogP contribution in [0.3, 0.4) is 0 Å². The number of nitrogens with zero attached hydrogens (tertiary/aromatic N) is 1. The Bertz CT molecular complexity index is 143. The van der Waals surface area contributed by atoms with Gasteiger partial charge in [-0.3, -0.25) is 10.1 Å². The van der Waals surface area contributed by atoms with E-state index in [1.165, 1.54) is 19.3 Å².